The third kappa shape index (κ3) is 5.33. The van der Waals surface area contributed by atoms with Crippen LogP contribution < -0.4 is 5.32 Å². The highest BCUT2D eigenvalue weighted by Crippen LogP contribution is 2.31. The van der Waals surface area contributed by atoms with Gasteiger partial charge in [0.15, 0.2) is 5.17 Å². The van der Waals surface area contributed by atoms with Gasteiger partial charge in [0.2, 0.25) is 11.8 Å². The van der Waals surface area contributed by atoms with Crippen molar-refractivity contribution in [2.24, 2.45) is 4.99 Å². The lowest BCUT2D eigenvalue weighted by molar-refractivity contribution is -0.128. The molecule has 1 heterocycles. The monoisotopic (exact) mass is 455 g/mol. The number of nitrogens with one attached hydrogen (secondary N) is 1. The molecule has 1 saturated heterocycles. The molecular formula is C22H21N3O6S. The van der Waals surface area contributed by atoms with E-state index in [4.69, 9.17) is 5.11 Å². The van der Waals surface area contributed by atoms with Crippen LogP contribution in [0.4, 0.5) is 11.4 Å². The Balaban J connectivity index is 1.67. The SMILES string of the molecule is CCN1C(=O)[C@@H](CC(=O)Nc2ccc(C(=O)O)cc2)SC1=Nc1ccc(C(=O)OC)cc1. The fourth-order valence-electron chi connectivity index (χ4n) is 2.99. The van der Waals surface area contributed by atoms with Gasteiger partial charge in [0.1, 0.15) is 5.25 Å². The number of aromatic carboxylic acids is 1. The number of nitrogens with zero attached hydrogens (tertiary/aromatic N) is 2. The first kappa shape index (κ1) is 23.0. The molecule has 1 aliphatic heterocycles. The lowest BCUT2D eigenvalue weighted by Gasteiger charge is -2.13. The fraction of sp³-hybridized carbons (Fsp3) is 0.227. The van der Waals surface area contributed by atoms with Crippen LogP contribution in [0.2, 0.25) is 0 Å². The van der Waals surface area contributed by atoms with Crippen molar-refractivity contribution in [1.29, 1.82) is 0 Å². The van der Waals surface area contributed by atoms with E-state index in [-0.39, 0.29) is 23.8 Å². The number of carboxylic acid groups (broad SMARTS) is 1. The van der Waals surface area contributed by atoms with E-state index in [0.717, 1.165) is 0 Å². The van der Waals surface area contributed by atoms with E-state index >= 15 is 0 Å². The summed E-state index contributed by atoms with van der Waals surface area (Å²) < 4.78 is 4.67. The first-order valence-corrected chi connectivity index (χ1v) is 10.6. The van der Waals surface area contributed by atoms with Crippen LogP contribution in [0, 0.1) is 0 Å². The van der Waals surface area contributed by atoms with E-state index in [1.807, 2.05) is 6.92 Å². The Hall–Kier alpha value is -3.66. The maximum Gasteiger partial charge on any atom is 0.337 e. The quantitative estimate of drug-likeness (QED) is 0.614. The highest BCUT2D eigenvalue weighted by Gasteiger charge is 2.38. The van der Waals surface area contributed by atoms with Crippen LogP contribution in [0.3, 0.4) is 0 Å². The van der Waals surface area contributed by atoms with E-state index in [0.29, 0.717) is 28.7 Å². The van der Waals surface area contributed by atoms with Crippen LogP contribution in [0.1, 0.15) is 34.1 Å². The molecular weight excluding hydrogens is 434 g/mol. The van der Waals surface area contributed by atoms with Crippen molar-refractivity contribution in [3.8, 4) is 0 Å². The van der Waals surface area contributed by atoms with E-state index in [2.05, 4.69) is 15.0 Å². The van der Waals surface area contributed by atoms with Crippen molar-refractivity contribution in [2.75, 3.05) is 19.0 Å². The Bertz CT molecular complexity index is 1070. The molecule has 9 nitrogen and oxygen atoms in total. The number of hydrogen-bond donors (Lipinski definition) is 2. The number of carbonyl (C=O) groups excluding carboxylic acids is 3. The van der Waals surface area contributed by atoms with Crippen LogP contribution >= 0.6 is 11.8 Å². The molecule has 2 amide bonds. The minimum atomic E-state index is -1.05. The molecule has 1 fully saturated rings. The fourth-order valence-corrected chi connectivity index (χ4v) is 4.21. The highest BCUT2D eigenvalue weighted by atomic mass is 32.2. The maximum atomic E-state index is 12.7. The van der Waals surface area contributed by atoms with Crippen molar-refractivity contribution in [1.82, 2.24) is 4.90 Å². The number of ether oxygens (including phenoxy) is 1. The maximum absolute atomic E-state index is 12.7. The molecule has 0 radical (unpaired) electrons. The molecule has 2 N–H and O–H groups in total. The molecule has 0 aromatic heterocycles. The Morgan fingerprint density at radius 3 is 2.28 bits per heavy atom. The summed E-state index contributed by atoms with van der Waals surface area (Å²) in [5.74, 6) is -2.08. The summed E-state index contributed by atoms with van der Waals surface area (Å²) in [4.78, 5) is 53.7. The molecule has 1 atom stereocenters. The second-order valence-electron chi connectivity index (χ2n) is 6.76. The third-order valence-electron chi connectivity index (χ3n) is 4.64. The smallest absolute Gasteiger partial charge is 0.337 e. The summed E-state index contributed by atoms with van der Waals surface area (Å²) in [5.41, 5.74) is 1.52. The molecule has 2 aromatic rings. The van der Waals surface area contributed by atoms with Gasteiger partial charge < -0.3 is 15.2 Å². The molecule has 0 bridgehead atoms. The number of carbonyl (C=O) groups is 4. The molecule has 166 valence electrons. The zero-order chi connectivity index (χ0) is 23.3. The number of amidine groups is 1. The van der Waals surface area contributed by atoms with Gasteiger partial charge >= 0.3 is 11.9 Å². The van der Waals surface area contributed by atoms with Crippen molar-refractivity contribution in [3.05, 3.63) is 59.7 Å². The van der Waals surface area contributed by atoms with Gasteiger partial charge in [-0.15, -0.1) is 0 Å². The van der Waals surface area contributed by atoms with Gasteiger partial charge in [-0.3, -0.25) is 14.5 Å². The minimum absolute atomic E-state index is 0.0546. The summed E-state index contributed by atoms with van der Waals surface area (Å²) in [6, 6.07) is 12.2. The number of amides is 2. The molecule has 2 aromatic carbocycles. The van der Waals surface area contributed by atoms with Crippen molar-refractivity contribution in [2.45, 2.75) is 18.6 Å². The third-order valence-corrected chi connectivity index (χ3v) is 5.81. The topological polar surface area (TPSA) is 125 Å². The number of hydrogen-bond acceptors (Lipinski definition) is 7. The predicted molar refractivity (Wildman–Crippen MR) is 120 cm³/mol. The average molecular weight is 455 g/mol. The number of anilines is 1. The molecule has 0 unspecified atom stereocenters. The Kier molecular flexibility index (Phi) is 7.26. The minimum Gasteiger partial charge on any atom is -0.478 e. The molecule has 10 heteroatoms. The standard InChI is InChI=1S/C22H21N3O6S/c1-3-25-19(27)17(12-18(26)23-15-8-4-13(5-9-15)20(28)29)32-22(25)24-16-10-6-14(7-11-16)21(30)31-2/h4-11,17H,3,12H2,1-2H3,(H,23,26)(H,28,29)/t17-/m1/s1. The lowest BCUT2D eigenvalue weighted by Crippen LogP contribution is -2.33. The molecule has 3 rings (SSSR count). The van der Waals surface area contributed by atoms with Gasteiger partial charge in [-0.1, -0.05) is 11.8 Å². The van der Waals surface area contributed by atoms with E-state index in [1.165, 1.54) is 48.0 Å². The second-order valence-corrected chi connectivity index (χ2v) is 7.93. The number of esters is 1. The zero-order valence-electron chi connectivity index (χ0n) is 17.4. The van der Waals surface area contributed by atoms with E-state index in [9.17, 15) is 19.2 Å². The number of thioether (sulfide) groups is 1. The molecule has 0 saturated carbocycles. The van der Waals surface area contributed by atoms with Gasteiger partial charge in [-0.2, -0.15) is 0 Å². The van der Waals surface area contributed by atoms with Gasteiger partial charge in [0.05, 0.1) is 23.9 Å². The first-order valence-electron chi connectivity index (χ1n) is 9.70. The van der Waals surface area contributed by atoms with Crippen LogP contribution in [-0.4, -0.2) is 57.8 Å². The number of methoxy groups -OCH3 is 1. The Morgan fingerprint density at radius 2 is 1.72 bits per heavy atom. The molecule has 0 aliphatic carbocycles. The number of benzene rings is 2. The van der Waals surface area contributed by atoms with Gasteiger partial charge in [0, 0.05) is 18.7 Å². The first-order chi connectivity index (χ1) is 15.3. The van der Waals surface area contributed by atoms with Crippen LogP contribution in [-0.2, 0) is 14.3 Å². The summed E-state index contributed by atoms with van der Waals surface area (Å²) in [7, 11) is 1.30. The Labute approximate surface area is 188 Å². The normalized spacial score (nSPS) is 16.8. The highest BCUT2D eigenvalue weighted by molar-refractivity contribution is 8.15. The van der Waals surface area contributed by atoms with Crippen molar-refractivity contribution in [3.63, 3.8) is 0 Å². The van der Waals surface area contributed by atoms with Gasteiger partial charge in [-0.25, -0.2) is 14.6 Å². The van der Waals surface area contributed by atoms with Crippen LogP contribution in [0.5, 0.6) is 0 Å². The second kappa shape index (κ2) is 10.1. The van der Waals surface area contributed by atoms with Crippen molar-refractivity contribution >= 4 is 52.1 Å². The summed E-state index contributed by atoms with van der Waals surface area (Å²) in [6.07, 6.45) is -0.0546. The molecule has 0 spiro atoms. The summed E-state index contributed by atoms with van der Waals surface area (Å²) in [5, 5.41) is 11.5. The van der Waals surface area contributed by atoms with Crippen LogP contribution in [0.15, 0.2) is 53.5 Å². The van der Waals surface area contributed by atoms with Crippen LogP contribution in [0.25, 0.3) is 0 Å². The largest absolute Gasteiger partial charge is 0.478 e. The average Bonchev–Trinajstić information content (AvgIpc) is 3.07. The van der Waals surface area contributed by atoms with Gasteiger partial charge in [-0.05, 0) is 55.5 Å². The summed E-state index contributed by atoms with van der Waals surface area (Å²) >= 11 is 1.20. The lowest BCUT2D eigenvalue weighted by atomic mass is 10.2. The predicted octanol–water partition coefficient (Wildman–Crippen LogP) is 3.15. The Morgan fingerprint density at radius 1 is 1.09 bits per heavy atom. The van der Waals surface area contributed by atoms with E-state index in [1.54, 1.807) is 24.3 Å². The number of rotatable bonds is 7. The number of aliphatic imine (C=N–C) groups is 1. The molecule has 1 aliphatic rings. The molecule has 32 heavy (non-hydrogen) atoms. The van der Waals surface area contributed by atoms with Crippen molar-refractivity contribution < 1.29 is 29.0 Å². The van der Waals surface area contributed by atoms with Gasteiger partial charge in [0.25, 0.3) is 0 Å². The van der Waals surface area contributed by atoms with E-state index < -0.39 is 17.2 Å². The summed E-state index contributed by atoms with van der Waals surface area (Å²) in [6.45, 7) is 2.22. The zero-order valence-corrected chi connectivity index (χ0v) is 18.2. The number of carboxylic acids is 1.